The molecule has 17 nitrogen and oxygen atoms in total. The SMILES string of the molecule is CCCCCCCCCCCCCCCCCCCCCCCCC(=O)O[C@H](COC(=O)CCCCCCCCCCCCCCCCCCCCCC)COP(=O)(O)OC[C@@H](O)COP(=O)(O)OC[C@@H](COC(=O)CCCCCCCCCC)OC(=O)CCCCCCCCCCCCCCCCCCCC. The van der Waals surface area contributed by atoms with E-state index in [2.05, 4.69) is 27.7 Å². The molecule has 108 heavy (non-hydrogen) atoms. The third-order valence-electron chi connectivity index (χ3n) is 21.1. The highest BCUT2D eigenvalue weighted by Gasteiger charge is 2.30. The average molecular weight is 1580 g/mol. The molecule has 0 aliphatic rings. The van der Waals surface area contributed by atoms with Gasteiger partial charge in [0.15, 0.2) is 12.2 Å². The van der Waals surface area contributed by atoms with E-state index in [4.69, 9.17) is 37.0 Å². The second-order valence-corrected chi connectivity index (χ2v) is 34.9. The molecule has 0 saturated heterocycles. The highest BCUT2D eigenvalue weighted by molar-refractivity contribution is 7.47. The lowest BCUT2D eigenvalue weighted by atomic mass is 10.0. The summed E-state index contributed by atoms with van der Waals surface area (Å²) in [5.74, 6) is -2.10. The molecule has 642 valence electrons. The number of carbonyl (C=O) groups is 4. The van der Waals surface area contributed by atoms with Gasteiger partial charge in [0.2, 0.25) is 0 Å². The summed E-state index contributed by atoms with van der Waals surface area (Å²) in [6.07, 6.45) is 79.5. The lowest BCUT2D eigenvalue weighted by molar-refractivity contribution is -0.161. The quantitative estimate of drug-likeness (QED) is 0.0222. The van der Waals surface area contributed by atoms with Crippen molar-refractivity contribution >= 4 is 39.5 Å². The molecule has 0 aliphatic heterocycles. The third kappa shape index (κ3) is 82.1. The smallest absolute Gasteiger partial charge is 0.462 e. The number of ether oxygens (including phenoxy) is 4. The number of aliphatic hydroxyl groups is 1. The van der Waals surface area contributed by atoms with Gasteiger partial charge in [-0.3, -0.25) is 37.3 Å². The van der Waals surface area contributed by atoms with E-state index >= 15 is 0 Å². The first-order valence-electron chi connectivity index (χ1n) is 46.3. The van der Waals surface area contributed by atoms with Gasteiger partial charge in [0.1, 0.15) is 19.3 Å². The van der Waals surface area contributed by atoms with Gasteiger partial charge in [-0.15, -0.1) is 0 Å². The summed E-state index contributed by atoms with van der Waals surface area (Å²) in [5, 5.41) is 10.7. The number of phosphoric acid groups is 2. The average Bonchev–Trinajstić information content (AvgIpc) is 0.898. The molecule has 0 heterocycles. The molecular weight excluding hydrogens is 1400 g/mol. The Labute approximate surface area is 664 Å². The maximum Gasteiger partial charge on any atom is 0.472 e. The Morgan fingerprint density at radius 3 is 0.546 bits per heavy atom. The molecule has 0 amide bonds. The molecule has 0 aromatic carbocycles. The van der Waals surface area contributed by atoms with Gasteiger partial charge < -0.3 is 33.8 Å². The maximum atomic E-state index is 13.2. The van der Waals surface area contributed by atoms with E-state index in [0.717, 1.165) is 89.9 Å². The Balaban J connectivity index is 5.17. The van der Waals surface area contributed by atoms with Crippen LogP contribution in [-0.2, 0) is 65.4 Å². The van der Waals surface area contributed by atoms with Crippen LogP contribution in [0.2, 0.25) is 0 Å². The summed E-state index contributed by atoms with van der Waals surface area (Å²) < 4.78 is 68.9. The Morgan fingerprint density at radius 2 is 0.370 bits per heavy atom. The highest BCUT2D eigenvalue weighted by atomic mass is 31.2. The fraction of sp³-hybridized carbons (Fsp3) is 0.955. The van der Waals surface area contributed by atoms with E-state index in [9.17, 15) is 43.2 Å². The number of phosphoric ester groups is 2. The van der Waals surface area contributed by atoms with Crippen LogP contribution in [0, 0.1) is 0 Å². The molecule has 0 fully saturated rings. The van der Waals surface area contributed by atoms with Crippen LogP contribution in [-0.4, -0.2) is 96.7 Å². The topological polar surface area (TPSA) is 237 Å². The van der Waals surface area contributed by atoms with Crippen LogP contribution in [0.15, 0.2) is 0 Å². The first kappa shape index (κ1) is 106. The normalized spacial score (nSPS) is 13.7. The minimum absolute atomic E-state index is 0.109. The first-order chi connectivity index (χ1) is 52.7. The van der Waals surface area contributed by atoms with Crippen molar-refractivity contribution in [2.75, 3.05) is 39.6 Å². The number of esters is 4. The monoisotopic (exact) mass is 1580 g/mol. The van der Waals surface area contributed by atoms with Crippen molar-refractivity contribution < 1.29 is 80.2 Å². The van der Waals surface area contributed by atoms with Gasteiger partial charge in [-0.2, -0.15) is 0 Å². The number of rotatable bonds is 90. The Bertz CT molecular complexity index is 2030. The fourth-order valence-electron chi connectivity index (χ4n) is 14.1. The molecule has 0 spiro atoms. The zero-order valence-corrected chi connectivity index (χ0v) is 72.6. The highest BCUT2D eigenvalue weighted by Crippen LogP contribution is 2.45. The van der Waals surface area contributed by atoms with E-state index in [1.54, 1.807) is 0 Å². The number of hydrogen-bond acceptors (Lipinski definition) is 15. The third-order valence-corrected chi connectivity index (χ3v) is 23.0. The summed E-state index contributed by atoms with van der Waals surface area (Å²) >= 11 is 0. The standard InChI is InChI=1S/C89H174O17P2/c1-5-9-13-17-21-25-28-31-34-37-40-42-43-45-48-51-54-57-60-64-68-72-76-89(94)106-85(80-100-87(92)74-70-66-62-58-55-52-49-47-44-41-38-35-32-29-26-22-18-14-10-6-2)82-104-108(97,98)102-78-83(90)77-101-107(95,96)103-81-84(79-99-86(91)73-69-65-61-24-20-16-12-8-4)105-88(93)75-71-67-63-59-56-53-50-46-39-36-33-30-27-23-19-15-11-7-3/h83-85,90H,5-82H2,1-4H3,(H,95,96)(H,97,98)/t83-,84+,85+/m0/s1. The summed E-state index contributed by atoms with van der Waals surface area (Å²) in [5.41, 5.74) is 0. The summed E-state index contributed by atoms with van der Waals surface area (Å²) in [6.45, 7) is 5.04. The number of hydrogen-bond donors (Lipinski definition) is 3. The van der Waals surface area contributed by atoms with Crippen LogP contribution >= 0.6 is 15.6 Å². The first-order valence-corrected chi connectivity index (χ1v) is 49.3. The molecule has 0 aromatic heterocycles. The molecule has 0 aliphatic carbocycles. The van der Waals surface area contributed by atoms with Gasteiger partial charge in [0, 0.05) is 25.7 Å². The van der Waals surface area contributed by atoms with E-state index < -0.39 is 97.5 Å². The van der Waals surface area contributed by atoms with Crippen LogP contribution in [0.25, 0.3) is 0 Å². The lowest BCUT2D eigenvalue weighted by Gasteiger charge is -2.21. The summed E-state index contributed by atoms with van der Waals surface area (Å²) in [7, 11) is -9.93. The summed E-state index contributed by atoms with van der Waals surface area (Å²) in [4.78, 5) is 73.2. The van der Waals surface area contributed by atoms with Crippen LogP contribution in [0.5, 0.6) is 0 Å². The molecule has 0 bridgehead atoms. The van der Waals surface area contributed by atoms with E-state index in [0.29, 0.717) is 25.7 Å². The lowest BCUT2D eigenvalue weighted by Crippen LogP contribution is -2.30. The van der Waals surface area contributed by atoms with Gasteiger partial charge >= 0.3 is 39.5 Å². The zero-order chi connectivity index (χ0) is 78.9. The molecule has 0 aromatic rings. The molecule has 5 atom stereocenters. The fourth-order valence-corrected chi connectivity index (χ4v) is 15.6. The van der Waals surface area contributed by atoms with Crippen LogP contribution in [0.3, 0.4) is 0 Å². The predicted molar refractivity (Wildman–Crippen MR) is 446 cm³/mol. The van der Waals surface area contributed by atoms with Crippen molar-refractivity contribution in [3.05, 3.63) is 0 Å². The van der Waals surface area contributed by atoms with Crippen molar-refractivity contribution in [1.29, 1.82) is 0 Å². The van der Waals surface area contributed by atoms with Crippen molar-refractivity contribution in [2.24, 2.45) is 0 Å². The van der Waals surface area contributed by atoms with Crippen molar-refractivity contribution in [1.82, 2.24) is 0 Å². The number of carbonyl (C=O) groups excluding carboxylic acids is 4. The largest absolute Gasteiger partial charge is 0.472 e. The molecule has 0 radical (unpaired) electrons. The molecule has 0 rings (SSSR count). The van der Waals surface area contributed by atoms with Crippen LogP contribution < -0.4 is 0 Å². The number of unbranched alkanes of at least 4 members (excludes halogenated alkanes) is 64. The van der Waals surface area contributed by atoms with Crippen molar-refractivity contribution in [3.8, 4) is 0 Å². The minimum Gasteiger partial charge on any atom is -0.462 e. The van der Waals surface area contributed by atoms with Crippen LogP contribution in [0.1, 0.15) is 490 Å². The van der Waals surface area contributed by atoms with Gasteiger partial charge in [-0.1, -0.05) is 439 Å². The zero-order valence-electron chi connectivity index (χ0n) is 70.8. The second-order valence-electron chi connectivity index (χ2n) is 32.0. The van der Waals surface area contributed by atoms with Crippen LogP contribution in [0.4, 0.5) is 0 Å². The second kappa shape index (κ2) is 83.0. The molecule has 2 unspecified atom stereocenters. The predicted octanol–water partition coefficient (Wildman–Crippen LogP) is 27.7. The molecule has 3 N–H and O–H groups in total. The maximum absolute atomic E-state index is 13.2. The molecule has 0 saturated carbocycles. The Kier molecular flexibility index (Phi) is 81.5. The Hall–Kier alpha value is -1.94. The van der Waals surface area contributed by atoms with Gasteiger partial charge in [0.25, 0.3) is 0 Å². The molecule has 19 heteroatoms. The van der Waals surface area contributed by atoms with Crippen molar-refractivity contribution in [2.45, 2.75) is 508 Å². The summed E-state index contributed by atoms with van der Waals surface area (Å²) in [6, 6.07) is 0. The number of aliphatic hydroxyl groups excluding tert-OH is 1. The van der Waals surface area contributed by atoms with Gasteiger partial charge in [-0.25, -0.2) is 9.13 Å². The van der Waals surface area contributed by atoms with Gasteiger partial charge in [-0.05, 0) is 25.7 Å². The van der Waals surface area contributed by atoms with Crippen molar-refractivity contribution in [3.63, 3.8) is 0 Å². The Morgan fingerprint density at radius 1 is 0.222 bits per heavy atom. The minimum atomic E-state index is -4.97. The molecular formula is C89H174O17P2. The van der Waals surface area contributed by atoms with Gasteiger partial charge in [0.05, 0.1) is 26.4 Å². The van der Waals surface area contributed by atoms with E-state index in [1.807, 2.05) is 0 Å². The van der Waals surface area contributed by atoms with E-state index in [-0.39, 0.29) is 25.7 Å². The van der Waals surface area contributed by atoms with E-state index in [1.165, 1.54) is 321 Å².